The van der Waals surface area contributed by atoms with Crippen molar-refractivity contribution in [2.75, 3.05) is 11.5 Å². The molecule has 1 aliphatic heterocycles. The molecule has 0 saturated heterocycles. The number of fused-ring (bicyclic) bond motifs is 8. The number of carboxylic acids is 1. The smallest absolute Gasteiger partial charge is 0.331 e. The van der Waals surface area contributed by atoms with Crippen LogP contribution in [0.4, 0.5) is 8.78 Å². The van der Waals surface area contributed by atoms with E-state index in [0.717, 1.165) is 10.9 Å². The van der Waals surface area contributed by atoms with Crippen LogP contribution in [0.2, 0.25) is 0 Å². The fourth-order valence-electron chi connectivity index (χ4n) is 7.01. The number of carbonyl (C=O) groups is 1. The van der Waals surface area contributed by atoms with Gasteiger partial charge in [0.1, 0.15) is 11.6 Å². The predicted molar refractivity (Wildman–Crippen MR) is 187 cm³/mol. The number of aromatic nitrogens is 4. The Labute approximate surface area is 284 Å². The van der Waals surface area contributed by atoms with E-state index in [4.69, 9.17) is 10.1 Å². The summed E-state index contributed by atoms with van der Waals surface area (Å²) in [5, 5.41) is 14.9. The largest absolute Gasteiger partial charge is 0.478 e. The van der Waals surface area contributed by atoms with E-state index in [-0.39, 0.29) is 41.4 Å². The van der Waals surface area contributed by atoms with Gasteiger partial charge in [-0.1, -0.05) is 50.6 Å². The number of aromatic amines is 1. The van der Waals surface area contributed by atoms with Crippen molar-refractivity contribution in [3.05, 3.63) is 112 Å². The van der Waals surface area contributed by atoms with Crippen LogP contribution in [0.1, 0.15) is 79.6 Å². The third-order valence-electron chi connectivity index (χ3n) is 9.43. The van der Waals surface area contributed by atoms with Crippen LogP contribution in [0.15, 0.2) is 66.4 Å². The second kappa shape index (κ2) is 13.3. The first-order valence-electron chi connectivity index (χ1n) is 16.4. The molecular formula is C38H40F2N4O4S. The highest BCUT2D eigenvalue weighted by Gasteiger charge is 2.29. The van der Waals surface area contributed by atoms with E-state index in [0.29, 0.717) is 58.7 Å². The van der Waals surface area contributed by atoms with Gasteiger partial charge in [-0.15, -0.1) is 0 Å². The molecule has 0 amide bonds. The number of sulfone groups is 1. The highest BCUT2D eigenvalue weighted by molar-refractivity contribution is 7.91. The van der Waals surface area contributed by atoms with Crippen molar-refractivity contribution in [3.63, 3.8) is 0 Å². The van der Waals surface area contributed by atoms with Crippen molar-refractivity contribution in [1.82, 2.24) is 19.7 Å². The molecule has 1 aliphatic rings. The van der Waals surface area contributed by atoms with Gasteiger partial charge in [0.25, 0.3) is 0 Å². The molecule has 0 aliphatic carbocycles. The molecule has 6 rings (SSSR count). The fraction of sp³-hybridized carbons (Fsp3) is 0.342. The van der Waals surface area contributed by atoms with E-state index in [9.17, 15) is 18.3 Å². The highest BCUT2D eigenvalue weighted by Crippen LogP contribution is 2.36. The first-order chi connectivity index (χ1) is 23.2. The molecular weight excluding hydrogens is 647 g/mol. The maximum atomic E-state index is 15.8. The van der Waals surface area contributed by atoms with Crippen LogP contribution in [0.3, 0.4) is 0 Å². The molecule has 8 nitrogen and oxygen atoms in total. The number of hydrogen-bond acceptors (Lipinski definition) is 5. The van der Waals surface area contributed by atoms with E-state index in [1.54, 1.807) is 36.1 Å². The van der Waals surface area contributed by atoms with E-state index in [1.165, 1.54) is 19.1 Å². The molecule has 49 heavy (non-hydrogen) atoms. The molecule has 11 heteroatoms. The number of aryl methyl sites for hydroxylation is 2. The zero-order valence-corrected chi connectivity index (χ0v) is 28.9. The molecule has 0 radical (unpaired) electrons. The summed E-state index contributed by atoms with van der Waals surface area (Å²) in [7, 11) is -1.82. The fourth-order valence-corrected chi connectivity index (χ4v) is 9.00. The van der Waals surface area contributed by atoms with Crippen molar-refractivity contribution in [1.29, 1.82) is 0 Å². The Kier molecular flexibility index (Phi) is 9.32. The summed E-state index contributed by atoms with van der Waals surface area (Å²) in [6.07, 6.45) is 5.42. The van der Waals surface area contributed by atoms with Gasteiger partial charge in [0.15, 0.2) is 21.5 Å². The number of nitrogens with zero attached hydrogens (tertiary/aromatic N) is 3. The lowest BCUT2D eigenvalue weighted by Crippen LogP contribution is -2.27. The summed E-state index contributed by atoms with van der Waals surface area (Å²) in [5.41, 5.74) is 3.69. The zero-order chi connectivity index (χ0) is 35.1. The summed E-state index contributed by atoms with van der Waals surface area (Å²) in [4.78, 5) is 19.4. The van der Waals surface area contributed by atoms with Gasteiger partial charge in [-0.3, -0.25) is 0 Å². The molecule has 3 heterocycles. The molecule has 0 fully saturated rings. The van der Waals surface area contributed by atoms with Crippen molar-refractivity contribution < 1.29 is 27.1 Å². The molecule has 3 aromatic carbocycles. The van der Waals surface area contributed by atoms with Gasteiger partial charge >= 0.3 is 5.97 Å². The summed E-state index contributed by atoms with van der Waals surface area (Å²) in [6, 6.07) is 15.4. The average Bonchev–Trinajstić information content (AvgIpc) is 3.65. The highest BCUT2D eigenvalue weighted by atomic mass is 32.2. The monoisotopic (exact) mass is 686 g/mol. The van der Waals surface area contributed by atoms with E-state index < -0.39 is 32.9 Å². The van der Waals surface area contributed by atoms with Crippen molar-refractivity contribution in [2.24, 2.45) is 12.5 Å². The minimum absolute atomic E-state index is 0.0202. The number of aliphatic carboxylic acids is 1. The first kappa shape index (κ1) is 34.2. The van der Waals surface area contributed by atoms with Gasteiger partial charge in [0, 0.05) is 42.1 Å². The Morgan fingerprint density at radius 2 is 1.88 bits per heavy atom. The lowest BCUT2D eigenvalue weighted by Gasteiger charge is -2.25. The van der Waals surface area contributed by atoms with Crippen LogP contribution in [-0.2, 0) is 34.5 Å². The maximum absolute atomic E-state index is 15.8. The third-order valence-corrected chi connectivity index (χ3v) is 11.5. The number of rotatable bonds is 3. The van der Waals surface area contributed by atoms with Crippen LogP contribution >= 0.6 is 0 Å². The van der Waals surface area contributed by atoms with Gasteiger partial charge in [-0.2, -0.15) is 5.10 Å². The van der Waals surface area contributed by atoms with Crippen LogP contribution in [-0.4, -0.2) is 50.7 Å². The summed E-state index contributed by atoms with van der Waals surface area (Å²) in [5.74, 6) is -1.65. The standard InChI is InChI=1S/C38H40F2N4O4S/c1-23(37(45)46)17-24-7-5-8-26(18-24)27-9-6-14-38(2,3)22-49(47,48)16-13-28-29-12-15-41-34(29)21-33(40)30(28)19-25-10-11-32(39)31(20-25)36-42-35(27)43-44(36)4/h5,7-8,10-12,15,17-18,20-21,27,41H,6,9,13-14,16,19,22H2,1-4H3,(H,45,46)/b23-17+. The van der Waals surface area contributed by atoms with Gasteiger partial charge in [-0.05, 0) is 89.8 Å². The quantitative estimate of drug-likeness (QED) is 0.189. The third kappa shape index (κ3) is 7.51. The minimum Gasteiger partial charge on any atom is -0.478 e. The molecule has 0 spiro atoms. The number of halogens is 2. The van der Waals surface area contributed by atoms with Crippen LogP contribution < -0.4 is 0 Å². The van der Waals surface area contributed by atoms with Crippen LogP contribution in [0.25, 0.3) is 28.4 Å². The Hall–Kier alpha value is -4.64. The van der Waals surface area contributed by atoms with Crippen molar-refractivity contribution in [3.8, 4) is 11.4 Å². The number of carboxylic acid groups (broad SMARTS) is 1. The molecule has 2 aromatic heterocycles. The molecule has 4 bridgehead atoms. The lowest BCUT2D eigenvalue weighted by atomic mass is 9.85. The van der Waals surface area contributed by atoms with E-state index >= 15 is 8.78 Å². The number of H-pyrrole nitrogens is 1. The maximum Gasteiger partial charge on any atom is 0.331 e. The SMILES string of the molecule is C/C(=C\c1cccc(C2CCCC(C)(C)CS(=O)(=O)CCc3c(c(F)cc4[nH]ccc34)Cc3ccc(F)c(c3)-c3nc2nn3C)c1)C(=O)O. The first-order valence-corrected chi connectivity index (χ1v) is 18.2. The number of hydrogen-bond donors (Lipinski definition) is 2. The van der Waals surface area contributed by atoms with Crippen molar-refractivity contribution in [2.45, 2.75) is 58.8 Å². The Morgan fingerprint density at radius 1 is 1.08 bits per heavy atom. The number of nitrogens with one attached hydrogen (secondary N) is 1. The average molecular weight is 687 g/mol. The van der Waals surface area contributed by atoms with Gasteiger partial charge < -0.3 is 10.1 Å². The van der Waals surface area contributed by atoms with Crippen LogP contribution in [0.5, 0.6) is 0 Å². The van der Waals surface area contributed by atoms with Crippen molar-refractivity contribution >= 4 is 32.8 Å². The molecule has 2 N–H and O–H groups in total. The topological polar surface area (TPSA) is 118 Å². The molecule has 256 valence electrons. The predicted octanol–water partition coefficient (Wildman–Crippen LogP) is 7.62. The lowest BCUT2D eigenvalue weighted by molar-refractivity contribution is -0.132. The molecule has 0 saturated carbocycles. The van der Waals surface area contributed by atoms with Gasteiger partial charge in [-0.25, -0.2) is 31.7 Å². The summed E-state index contributed by atoms with van der Waals surface area (Å²) >= 11 is 0. The molecule has 5 aromatic rings. The van der Waals surface area contributed by atoms with Gasteiger partial charge in [0.2, 0.25) is 0 Å². The van der Waals surface area contributed by atoms with E-state index in [1.807, 2.05) is 44.2 Å². The minimum atomic E-state index is -3.53. The Morgan fingerprint density at radius 3 is 2.65 bits per heavy atom. The zero-order valence-electron chi connectivity index (χ0n) is 28.1. The normalized spacial score (nSPS) is 18.4. The number of benzene rings is 3. The summed E-state index contributed by atoms with van der Waals surface area (Å²) < 4.78 is 60.0. The Balaban J connectivity index is 1.48. The second-order valence-electron chi connectivity index (χ2n) is 13.9. The van der Waals surface area contributed by atoms with E-state index in [2.05, 4.69) is 4.98 Å². The van der Waals surface area contributed by atoms with Crippen LogP contribution in [0, 0.1) is 17.0 Å². The molecule has 1 atom stereocenters. The second-order valence-corrected chi connectivity index (χ2v) is 16.1. The summed E-state index contributed by atoms with van der Waals surface area (Å²) in [6.45, 7) is 5.43. The van der Waals surface area contributed by atoms with Gasteiger partial charge in [0.05, 0.1) is 17.1 Å². The molecule has 1 unspecified atom stereocenters. The Bertz CT molecular complexity index is 2200.